The molecule has 0 atom stereocenters. The lowest BCUT2D eigenvalue weighted by Crippen LogP contribution is -2.17. The van der Waals surface area contributed by atoms with Crippen molar-refractivity contribution in [2.75, 3.05) is 19.8 Å². The Labute approximate surface area is 110 Å². The average Bonchev–Trinajstić information content (AvgIpc) is 2.81. The third-order valence-corrected chi connectivity index (χ3v) is 3.63. The first-order valence-electron chi connectivity index (χ1n) is 7.11. The topological polar surface area (TPSA) is 39.1 Å². The molecule has 0 aliphatic carbocycles. The largest absolute Gasteiger partial charge is 0.381 e. The van der Waals surface area contributed by atoms with Crippen molar-refractivity contribution >= 4 is 0 Å². The van der Waals surface area contributed by atoms with Gasteiger partial charge in [0.15, 0.2) is 0 Å². The maximum Gasteiger partial charge on any atom is 0.0762 e. The van der Waals surface area contributed by atoms with Crippen LogP contribution in [0.25, 0.3) is 0 Å². The fourth-order valence-corrected chi connectivity index (χ4v) is 2.49. The van der Waals surface area contributed by atoms with E-state index < -0.39 is 0 Å². The maximum absolute atomic E-state index is 5.37. The van der Waals surface area contributed by atoms with Gasteiger partial charge < -0.3 is 10.1 Å². The highest BCUT2D eigenvalue weighted by molar-refractivity contribution is 4.97. The van der Waals surface area contributed by atoms with Crippen molar-refractivity contribution in [3.05, 3.63) is 18.0 Å². The molecule has 0 aromatic carbocycles. The van der Waals surface area contributed by atoms with Gasteiger partial charge in [0, 0.05) is 33.0 Å². The van der Waals surface area contributed by atoms with E-state index in [-0.39, 0.29) is 0 Å². The Kier molecular flexibility index (Phi) is 5.68. The standard InChI is InChI=1S/C14H25N3O/c1-17-9-5-14(16-17)12-15-8-3-2-4-13-6-10-18-11-7-13/h5,9,13,15H,2-4,6-8,10-12H2,1H3. The van der Waals surface area contributed by atoms with Gasteiger partial charge in [-0.3, -0.25) is 4.68 Å². The number of aromatic nitrogens is 2. The lowest BCUT2D eigenvalue weighted by molar-refractivity contribution is 0.0631. The zero-order valence-electron chi connectivity index (χ0n) is 11.4. The summed E-state index contributed by atoms with van der Waals surface area (Å²) in [6.45, 7) is 3.93. The molecule has 0 radical (unpaired) electrons. The normalized spacial score (nSPS) is 17.2. The van der Waals surface area contributed by atoms with E-state index in [9.17, 15) is 0 Å². The Balaban J connectivity index is 1.46. The average molecular weight is 251 g/mol. The van der Waals surface area contributed by atoms with Crippen molar-refractivity contribution in [2.24, 2.45) is 13.0 Å². The molecule has 0 unspecified atom stereocenters. The minimum absolute atomic E-state index is 0.887. The Hall–Kier alpha value is -0.870. The molecule has 2 heterocycles. The number of ether oxygens (including phenoxy) is 1. The van der Waals surface area contributed by atoms with Crippen LogP contribution in [0.4, 0.5) is 0 Å². The lowest BCUT2D eigenvalue weighted by atomic mass is 9.94. The van der Waals surface area contributed by atoms with E-state index in [1.165, 1.54) is 32.1 Å². The van der Waals surface area contributed by atoms with Crippen LogP contribution in [0.2, 0.25) is 0 Å². The Morgan fingerprint density at radius 3 is 2.94 bits per heavy atom. The summed E-state index contributed by atoms with van der Waals surface area (Å²) in [5.41, 5.74) is 1.13. The van der Waals surface area contributed by atoms with Gasteiger partial charge in [-0.1, -0.05) is 12.8 Å². The summed E-state index contributed by atoms with van der Waals surface area (Å²) in [6, 6.07) is 2.06. The van der Waals surface area contributed by atoms with Crippen molar-refractivity contribution < 1.29 is 4.74 Å². The smallest absolute Gasteiger partial charge is 0.0762 e. The molecule has 2 rings (SSSR count). The number of rotatable bonds is 7. The van der Waals surface area contributed by atoms with Gasteiger partial charge in [-0.25, -0.2) is 0 Å². The first kappa shape index (κ1) is 13.6. The molecule has 0 spiro atoms. The van der Waals surface area contributed by atoms with Gasteiger partial charge in [-0.15, -0.1) is 0 Å². The second-order valence-corrected chi connectivity index (χ2v) is 5.21. The highest BCUT2D eigenvalue weighted by Crippen LogP contribution is 2.20. The maximum atomic E-state index is 5.37. The fourth-order valence-electron chi connectivity index (χ4n) is 2.49. The molecule has 0 bridgehead atoms. The van der Waals surface area contributed by atoms with Crippen molar-refractivity contribution in [1.29, 1.82) is 0 Å². The molecule has 102 valence electrons. The van der Waals surface area contributed by atoms with Gasteiger partial charge >= 0.3 is 0 Å². The Bertz CT molecular complexity index is 332. The summed E-state index contributed by atoms with van der Waals surface area (Å²) in [4.78, 5) is 0. The second-order valence-electron chi connectivity index (χ2n) is 5.21. The third kappa shape index (κ3) is 4.78. The van der Waals surface area contributed by atoms with Gasteiger partial charge in [-0.05, 0) is 37.8 Å². The molecule has 1 aliphatic heterocycles. The van der Waals surface area contributed by atoms with E-state index in [4.69, 9.17) is 4.74 Å². The Morgan fingerprint density at radius 2 is 2.22 bits per heavy atom. The van der Waals surface area contributed by atoms with Crippen LogP contribution in [-0.4, -0.2) is 29.5 Å². The van der Waals surface area contributed by atoms with Crippen molar-refractivity contribution in [1.82, 2.24) is 15.1 Å². The van der Waals surface area contributed by atoms with E-state index >= 15 is 0 Å². The highest BCUT2D eigenvalue weighted by Gasteiger charge is 2.12. The molecule has 1 aromatic rings. The van der Waals surface area contributed by atoms with E-state index in [1.807, 2.05) is 17.9 Å². The summed E-state index contributed by atoms with van der Waals surface area (Å²) in [5, 5.41) is 7.79. The predicted molar refractivity (Wildman–Crippen MR) is 72.3 cm³/mol. The van der Waals surface area contributed by atoms with Crippen LogP contribution < -0.4 is 5.32 Å². The molecule has 1 saturated heterocycles. The molecule has 0 saturated carbocycles. The number of hydrogen-bond acceptors (Lipinski definition) is 3. The molecule has 1 fully saturated rings. The molecule has 0 amide bonds. The summed E-state index contributed by atoms with van der Waals surface area (Å²) in [5.74, 6) is 0.912. The van der Waals surface area contributed by atoms with E-state index in [2.05, 4.69) is 16.5 Å². The van der Waals surface area contributed by atoms with Crippen molar-refractivity contribution in [3.63, 3.8) is 0 Å². The molecule has 18 heavy (non-hydrogen) atoms. The van der Waals surface area contributed by atoms with Crippen LogP contribution in [0.5, 0.6) is 0 Å². The van der Waals surface area contributed by atoms with Gasteiger partial charge in [0.2, 0.25) is 0 Å². The number of unbranched alkanes of at least 4 members (excludes halogenated alkanes) is 1. The van der Waals surface area contributed by atoms with Crippen LogP contribution in [-0.2, 0) is 18.3 Å². The molecular formula is C14H25N3O. The van der Waals surface area contributed by atoms with E-state index in [1.54, 1.807) is 0 Å². The monoisotopic (exact) mass is 251 g/mol. The first-order valence-corrected chi connectivity index (χ1v) is 7.11. The molecule has 4 heteroatoms. The summed E-state index contributed by atoms with van der Waals surface area (Å²) in [7, 11) is 1.96. The number of nitrogens with one attached hydrogen (secondary N) is 1. The Morgan fingerprint density at radius 1 is 1.39 bits per heavy atom. The number of aryl methyl sites for hydroxylation is 1. The second kappa shape index (κ2) is 7.54. The minimum atomic E-state index is 0.887. The molecular weight excluding hydrogens is 226 g/mol. The van der Waals surface area contributed by atoms with Crippen LogP contribution in [0.1, 0.15) is 37.8 Å². The number of nitrogens with zero attached hydrogens (tertiary/aromatic N) is 2. The molecule has 1 aliphatic rings. The van der Waals surface area contributed by atoms with Crippen LogP contribution in [0.3, 0.4) is 0 Å². The van der Waals surface area contributed by atoms with Crippen molar-refractivity contribution in [2.45, 2.75) is 38.6 Å². The zero-order chi connectivity index (χ0) is 12.6. The third-order valence-electron chi connectivity index (χ3n) is 3.63. The SMILES string of the molecule is Cn1ccc(CNCCCCC2CCOCC2)n1. The molecule has 1 aromatic heterocycles. The first-order chi connectivity index (χ1) is 8.84. The summed E-state index contributed by atoms with van der Waals surface area (Å²) in [6.07, 6.45) is 8.49. The van der Waals surface area contributed by atoms with Crippen molar-refractivity contribution in [3.8, 4) is 0 Å². The van der Waals surface area contributed by atoms with Gasteiger partial charge in [0.25, 0.3) is 0 Å². The van der Waals surface area contributed by atoms with Gasteiger partial charge in [-0.2, -0.15) is 5.10 Å². The van der Waals surface area contributed by atoms with Gasteiger partial charge in [0.1, 0.15) is 0 Å². The molecule has 4 nitrogen and oxygen atoms in total. The predicted octanol–water partition coefficient (Wildman–Crippen LogP) is 2.11. The van der Waals surface area contributed by atoms with Crippen LogP contribution in [0, 0.1) is 5.92 Å². The lowest BCUT2D eigenvalue weighted by Gasteiger charge is -2.21. The molecule has 1 N–H and O–H groups in total. The van der Waals surface area contributed by atoms with Gasteiger partial charge in [0.05, 0.1) is 5.69 Å². The van der Waals surface area contributed by atoms with Crippen LogP contribution >= 0.6 is 0 Å². The summed E-state index contributed by atoms with van der Waals surface area (Å²) < 4.78 is 7.22. The fraction of sp³-hybridized carbons (Fsp3) is 0.786. The van der Waals surface area contributed by atoms with E-state index in [0.717, 1.165) is 37.9 Å². The highest BCUT2D eigenvalue weighted by atomic mass is 16.5. The summed E-state index contributed by atoms with van der Waals surface area (Å²) >= 11 is 0. The number of hydrogen-bond donors (Lipinski definition) is 1. The zero-order valence-corrected chi connectivity index (χ0v) is 11.4. The van der Waals surface area contributed by atoms with Crippen LogP contribution in [0.15, 0.2) is 12.3 Å². The quantitative estimate of drug-likeness (QED) is 0.754. The minimum Gasteiger partial charge on any atom is -0.381 e. The van der Waals surface area contributed by atoms with E-state index in [0.29, 0.717) is 0 Å².